The van der Waals surface area contributed by atoms with E-state index in [0.29, 0.717) is 6.54 Å². The summed E-state index contributed by atoms with van der Waals surface area (Å²) in [5, 5.41) is 1.03. The van der Waals surface area contributed by atoms with Crippen LogP contribution in [0.3, 0.4) is 0 Å². The van der Waals surface area contributed by atoms with Crippen molar-refractivity contribution in [2.45, 2.75) is 19.9 Å². The van der Waals surface area contributed by atoms with Gasteiger partial charge >= 0.3 is 5.97 Å². The van der Waals surface area contributed by atoms with Crippen LogP contribution in [0, 0.1) is 5.92 Å². The number of hydrogen-bond acceptors (Lipinski definition) is 4. The summed E-state index contributed by atoms with van der Waals surface area (Å²) in [7, 11) is 0. The van der Waals surface area contributed by atoms with Gasteiger partial charge in [0.2, 0.25) is 0 Å². The number of hydroxylamine groups is 2. The Hall–Kier alpha value is -1.10. The van der Waals surface area contributed by atoms with E-state index in [9.17, 15) is 9.59 Å². The Morgan fingerprint density at radius 1 is 1.75 bits per heavy atom. The summed E-state index contributed by atoms with van der Waals surface area (Å²) in [6.45, 7) is 3.48. The van der Waals surface area contributed by atoms with Crippen LogP contribution >= 0.6 is 0 Å². The summed E-state index contributed by atoms with van der Waals surface area (Å²) in [4.78, 5) is 26.3. The maximum absolute atomic E-state index is 11.2. The van der Waals surface area contributed by atoms with Crippen LogP contribution in [0.5, 0.6) is 0 Å². The smallest absolute Gasteiger partial charge is 0.329 e. The zero-order valence-corrected chi connectivity index (χ0v) is 7.11. The summed E-state index contributed by atoms with van der Waals surface area (Å²) in [6.07, 6.45) is 0. The third kappa shape index (κ3) is 1.55. The normalized spacial score (nSPS) is 29.2. The van der Waals surface area contributed by atoms with Gasteiger partial charge in [-0.05, 0) is 0 Å². The molecule has 0 aromatic rings. The molecule has 1 fully saturated rings. The van der Waals surface area contributed by atoms with Gasteiger partial charge in [-0.3, -0.25) is 9.59 Å². The lowest BCUT2D eigenvalue weighted by atomic mass is 10.1. The van der Waals surface area contributed by atoms with E-state index in [-0.39, 0.29) is 11.8 Å². The van der Waals surface area contributed by atoms with Crippen molar-refractivity contribution < 1.29 is 14.4 Å². The number of carbonyl (C=O) groups is 2. The molecule has 0 unspecified atom stereocenters. The molecule has 0 aromatic heterocycles. The van der Waals surface area contributed by atoms with Gasteiger partial charge in [0, 0.05) is 12.8 Å². The first-order valence-electron chi connectivity index (χ1n) is 3.78. The van der Waals surface area contributed by atoms with Gasteiger partial charge in [-0.2, -0.15) is 5.06 Å². The van der Waals surface area contributed by atoms with Crippen molar-refractivity contribution in [1.29, 1.82) is 0 Å². The fraction of sp³-hybridized carbons (Fsp3) is 0.714. The maximum atomic E-state index is 11.2. The van der Waals surface area contributed by atoms with Crippen LogP contribution < -0.4 is 5.73 Å². The predicted molar refractivity (Wildman–Crippen MR) is 40.6 cm³/mol. The molecule has 0 bridgehead atoms. The SMILES string of the molecule is CC(=O)ON1C[C@@H](C)[C@@H](N)C1=O. The Morgan fingerprint density at radius 3 is 2.67 bits per heavy atom. The zero-order chi connectivity index (χ0) is 9.30. The molecule has 0 saturated carbocycles. The monoisotopic (exact) mass is 172 g/mol. The van der Waals surface area contributed by atoms with Crippen molar-refractivity contribution >= 4 is 11.9 Å². The molecule has 5 heteroatoms. The molecule has 68 valence electrons. The van der Waals surface area contributed by atoms with Crippen LogP contribution in [-0.4, -0.2) is 29.5 Å². The fourth-order valence-corrected chi connectivity index (χ4v) is 1.11. The largest absolute Gasteiger partial charge is 0.338 e. The van der Waals surface area contributed by atoms with Crippen LogP contribution in [0.25, 0.3) is 0 Å². The summed E-state index contributed by atoms with van der Waals surface area (Å²) in [6, 6.07) is -0.538. The maximum Gasteiger partial charge on any atom is 0.329 e. The Morgan fingerprint density at radius 2 is 2.33 bits per heavy atom. The summed E-state index contributed by atoms with van der Waals surface area (Å²) in [5.74, 6) is -0.779. The molecule has 0 radical (unpaired) electrons. The molecule has 1 heterocycles. The molecule has 1 amide bonds. The first-order chi connectivity index (χ1) is 5.52. The number of carbonyl (C=O) groups excluding carboxylic acids is 2. The van der Waals surface area contributed by atoms with Crippen LogP contribution in [0.2, 0.25) is 0 Å². The number of rotatable bonds is 1. The third-order valence-electron chi connectivity index (χ3n) is 1.84. The quantitative estimate of drug-likeness (QED) is 0.566. The Labute approximate surface area is 70.4 Å². The molecule has 2 atom stereocenters. The standard InChI is InChI=1S/C7H12N2O3/c1-4-3-9(12-5(2)10)7(11)6(4)8/h4,6H,3,8H2,1-2H3/t4-,6-/m1/s1. The molecular weight excluding hydrogens is 160 g/mol. The molecular formula is C7H12N2O3. The molecule has 2 N–H and O–H groups in total. The third-order valence-corrected chi connectivity index (χ3v) is 1.84. The van der Waals surface area contributed by atoms with E-state index >= 15 is 0 Å². The minimum atomic E-state index is -0.538. The highest BCUT2D eigenvalue weighted by Crippen LogP contribution is 2.15. The minimum Gasteiger partial charge on any atom is -0.338 e. The summed E-state index contributed by atoms with van der Waals surface area (Å²) < 4.78 is 0. The van der Waals surface area contributed by atoms with Crippen LogP contribution in [0.1, 0.15) is 13.8 Å². The van der Waals surface area contributed by atoms with Crippen LogP contribution in [0.15, 0.2) is 0 Å². The lowest BCUT2D eigenvalue weighted by Gasteiger charge is -2.12. The van der Waals surface area contributed by atoms with Gasteiger partial charge in [-0.1, -0.05) is 6.92 Å². The predicted octanol–water partition coefficient (Wildman–Crippen LogP) is -0.730. The number of amides is 1. The Balaban J connectivity index is 2.59. The van der Waals surface area contributed by atoms with E-state index in [1.165, 1.54) is 6.92 Å². The van der Waals surface area contributed by atoms with Crippen molar-refractivity contribution in [3.63, 3.8) is 0 Å². The first kappa shape index (κ1) is 8.99. The molecule has 12 heavy (non-hydrogen) atoms. The lowest BCUT2D eigenvalue weighted by molar-refractivity contribution is -0.191. The highest BCUT2D eigenvalue weighted by Gasteiger charge is 2.37. The van der Waals surface area contributed by atoms with E-state index in [4.69, 9.17) is 5.73 Å². The Bertz CT molecular complexity index is 217. The van der Waals surface area contributed by atoms with Gasteiger partial charge < -0.3 is 10.6 Å². The molecule has 0 spiro atoms. The molecule has 5 nitrogen and oxygen atoms in total. The van der Waals surface area contributed by atoms with Crippen LogP contribution in [-0.2, 0) is 14.4 Å². The summed E-state index contributed by atoms with van der Waals surface area (Å²) in [5.41, 5.74) is 5.51. The highest BCUT2D eigenvalue weighted by atomic mass is 16.7. The van der Waals surface area contributed by atoms with E-state index in [0.717, 1.165) is 5.06 Å². The highest BCUT2D eigenvalue weighted by molar-refractivity contribution is 5.84. The molecule has 0 aromatic carbocycles. The lowest BCUT2D eigenvalue weighted by Crippen LogP contribution is -2.36. The fourth-order valence-electron chi connectivity index (χ4n) is 1.11. The van der Waals surface area contributed by atoms with Gasteiger partial charge in [-0.15, -0.1) is 0 Å². The van der Waals surface area contributed by atoms with E-state index in [2.05, 4.69) is 4.84 Å². The number of hydrogen-bond donors (Lipinski definition) is 1. The van der Waals surface area contributed by atoms with E-state index in [1.807, 2.05) is 6.92 Å². The van der Waals surface area contributed by atoms with Crippen molar-refractivity contribution in [3.05, 3.63) is 0 Å². The van der Waals surface area contributed by atoms with Gasteiger partial charge in [0.1, 0.15) is 0 Å². The first-order valence-corrected chi connectivity index (χ1v) is 3.78. The molecule has 1 aliphatic rings. The van der Waals surface area contributed by atoms with Crippen LogP contribution in [0.4, 0.5) is 0 Å². The van der Waals surface area contributed by atoms with Gasteiger partial charge in [0.25, 0.3) is 5.91 Å². The second kappa shape index (κ2) is 3.10. The molecule has 1 rings (SSSR count). The zero-order valence-electron chi connectivity index (χ0n) is 7.11. The number of nitrogens with two attached hydrogens (primary N) is 1. The second-order valence-electron chi connectivity index (χ2n) is 2.99. The topological polar surface area (TPSA) is 72.6 Å². The second-order valence-corrected chi connectivity index (χ2v) is 2.99. The minimum absolute atomic E-state index is 0.0387. The van der Waals surface area contributed by atoms with E-state index < -0.39 is 12.0 Å². The van der Waals surface area contributed by atoms with Crippen molar-refractivity contribution in [1.82, 2.24) is 5.06 Å². The average molecular weight is 172 g/mol. The Kier molecular flexibility index (Phi) is 2.32. The summed E-state index contributed by atoms with van der Waals surface area (Å²) >= 11 is 0. The van der Waals surface area contributed by atoms with Crippen molar-refractivity contribution in [2.24, 2.45) is 11.7 Å². The molecule has 1 aliphatic heterocycles. The molecule has 1 saturated heterocycles. The van der Waals surface area contributed by atoms with Crippen molar-refractivity contribution in [2.75, 3.05) is 6.54 Å². The van der Waals surface area contributed by atoms with Gasteiger partial charge in [-0.25, -0.2) is 0 Å². The van der Waals surface area contributed by atoms with E-state index in [1.54, 1.807) is 0 Å². The average Bonchev–Trinajstić information content (AvgIpc) is 2.17. The van der Waals surface area contributed by atoms with Gasteiger partial charge in [0.15, 0.2) is 0 Å². The molecule has 0 aliphatic carbocycles. The number of nitrogens with zero attached hydrogens (tertiary/aromatic N) is 1. The van der Waals surface area contributed by atoms with Crippen molar-refractivity contribution in [3.8, 4) is 0 Å². The van der Waals surface area contributed by atoms with Gasteiger partial charge in [0.05, 0.1) is 12.6 Å².